The van der Waals surface area contributed by atoms with Crippen molar-refractivity contribution < 1.29 is 0 Å². The predicted molar refractivity (Wildman–Crippen MR) is 96.2 cm³/mol. The zero-order valence-electron chi connectivity index (χ0n) is 12.8. The number of aromatic nitrogens is 2. The maximum atomic E-state index is 4.72. The minimum atomic E-state index is 0.830. The van der Waals surface area contributed by atoms with Crippen molar-refractivity contribution >= 4 is 22.4 Å². The minimum absolute atomic E-state index is 0.830. The van der Waals surface area contributed by atoms with Gasteiger partial charge in [-0.25, -0.2) is 0 Å². The molecule has 1 aliphatic heterocycles. The van der Waals surface area contributed by atoms with Crippen molar-refractivity contribution in [1.29, 1.82) is 0 Å². The molecule has 5 heteroatoms. The van der Waals surface area contributed by atoms with E-state index in [1.54, 1.807) is 0 Å². The summed E-state index contributed by atoms with van der Waals surface area (Å²) in [6, 6.07) is 20.8. The highest BCUT2D eigenvalue weighted by Crippen LogP contribution is 2.25. The molecule has 4 nitrogen and oxygen atoms in total. The van der Waals surface area contributed by atoms with Crippen molar-refractivity contribution in [2.24, 2.45) is 0 Å². The van der Waals surface area contributed by atoms with E-state index in [-0.39, 0.29) is 0 Å². The molecule has 0 aliphatic carbocycles. The number of hydrogen-bond acceptors (Lipinski definition) is 5. The van der Waals surface area contributed by atoms with Crippen LogP contribution >= 0.6 is 11.5 Å². The van der Waals surface area contributed by atoms with Crippen molar-refractivity contribution in [3.8, 4) is 11.4 Å². The molecule has 0 radical (unpaired) electrons. The Balaban J connectivity index is 1.44. The Morgan fingerprint density at radius 3 is 2.04 bits per heavy atom. The Hall–Kier alpha value is -2.40. The predicted octanol–water partition coefficient (Wildman–Crippen LogP) is 3.53. The second-order valence-electron chi connectivity index (χ2n) is 5.58. The molecule has 0 N–H and O–H groups in total. The summed E-state index contributed by atoms with van der Waals surface area (Å²) < 4.78 is 4.51. The van der Waals surface area contributed by atoms with Crippen LogP contribution in [0.25, 0.3) is 11.4 Å². The van der Waals surface area contributed by atoms with Crippen LogP contribution in [-0.2, 0) is 0 Å². The molecule has 1 fully saturated rings. The van der Waals surface area contributed by atoms with Gasteiger partial charge in [0.2, 0.25) is 5.13 Å². The van der Waals surface area contributed by atoms with Gasteiger partial charge in [0.1, 0.15) is 0 Å². The lowest BCUT2D eigenvalue weighted by molar-refractivity contribution is 0.652. The lowest BCUT2D eigenvalue weighted by Crippen LogP contribution is -2.46. The number of para-hydroxylation sites is 1. The summed E-state index contributed by atoms with van der Waals surface area (Å²) in [5.74, 6) is 0.830. The molecule has 0 unspecified atom stereocenters. The Morgan fingerprint density at radius 2 is 1.35 bits per heavy atom. The van der Waals surface area contributed by atoms with E-state index < -0.39 is 0 Å². The molecule has 2 aromatic carbocycles. The summed E-state index contributed by atoms with van der Waals surface area (Å²) in [6.07, 6.45) is 0. The first kappa shape index (κ1) is 14.2. The van der Waals surface area contributed by atoms with Gasteiger partial charge in [-0.2, -0.15) is 9.36 Å². The summed E-state index contributed by atoms with van der Waals surface area (Å²) in [4.78, 5) is 9.48. The third-order valence-electron chi connectivity index (χ3n) is 4.12. The van der Waals surface area contributed by atoms with Gasteiger partial charge >= 0.3 is 0 Å². The van der Waals surface area contributed by atoms with E-state index in [9.17, 15) is 0 Å². The van der Waals surface area contributed by atoms with E-state index in [0.29, 0.717) is 0 Å². The normalized spacial score (nSPS) is 15.0. The van der Waals surface area contributed by atoms with E-state index in [0.717, 1.165) is 42.7 Å². The fraction of sp³-hybridized carbons (Fsp3) is 0.222. The fourth-order valence-electron chi connectivity index (χ4n) is 2.84. The zero-order valence-corrected chi connectivity index (χ0v) is 13.6. The van der Waals surface area contributed by atoms with Gasteiger partial charge in [0.15, 0.2) is 5.82 Å². The number of hydrogen-bond donors (Lipinski definition) is 0. The molecular weight excluding hydrogens is 304 g/mol. The van der Waals surface area contributed by atoms with Crippen LogP contribution in [0.2, 0.25) is 0 Å². The van der Waals surface area contributed by atoms with Crippen LogP contribution in [0.1, 0.15) is 0 Å². The van der Waals surface area contributed by atoms with Gasteiger partial charge < -0.3 is 9.80 Å². The summed E-state index contributed by atoms with van der Waals surface area (Å²) in [5, 5.41) is 1.02. The van der Waals surface area contributed by atoms with Gasteiger partial charge in [-0.3, -0.25) is 0 Å². The first-order valence-electron chi connectivity index (χ1n) is 7.84. The van der Waals surface area contributed by atoms with Crippen LogP contribution in [0.4, 0.5) is 10.8 Å². The topological polar surface area (TPSA) is 32.3 Å². The molecule has 3 aromatic rings. The molecular formula is C18H18N4S. The smallest absolute Gasteiger partial charge is 0.205 e. The summed E-state index contributed by atoms with van der Waals surface area (Å²) in [6.45, 7) is 4.01. The highest BCUT2D eigenvalue weighted by molar-refractivity contribution is 7.09. The Kier molecular flexibility index (Phi) is 3.94. The zero-order chi connectivity index (χ0) is 15.5. The molecule has 116 valence electrons. The first-order valence-corrected chi connectivity index (χ1v) is 8.61. The summed E-state index contributed by atoms with van der Waals surface area (Å²) >= 11 is 1.49. The average molecular weight is 322 g/mol. The molecule has 0 atom stereocenters. The highest BCUT2D eigenvalue weighted by Gasteiger charge is 2.20. The van der Waals surface area contributed by atoms with Crippen LogP contribution in [0.5, 0.6) is 0 Å². The molecule has 0 amide bonds. The first-order chi connectivity index (χ1) is 11.4. The highest BCUT2D eigenvalue weighted by atomic mass is 32.1. The molecule has 1 aliphatic rings. The van der Waals surface area contributed by atoms with Crippen LogP contribution < -0.4 is 9.80 Å². The maximum absolute atomic E-state index is 4.72. The third kappa shape index (κ3) is 3.05. The van der Waals surface area contributed by atoms with Crippen LogP contribution in [0.3, 0.4) is 0 Å². The van der Waals surface area contributed by atoms with Gasteiger partial charge in [0.05, 0.1) is 0 Å². The molecule has 23 heavy (non-hydrogen) atoms. The molecule has 0 saturated carbocycles. The van der Waals surface area contributed by atoms with Crippen LogP contribution in [-0.4, -0.2) is 35.5 Å². The van der Waals surface area contributed by atoms with Crippen molar-refractivity contribution in [1.82, 2.24) is 9.36 Å². The van der Waals surface area contributed by atoms with E-state index in [2.05, 4.69) is 56.6 Å². The Morgan fingerprint density at radius 1 is 0.739 bits per heavy atom. The van der Waals surface area contributed by atoms with Gasteiger partial charge in [0, 0.05) is 49.0 Å². The van der Waals surface area contributed by atoms with E-state index >= 15 is 0 Å². The number of rotatable bonds is 3. The van der Waals surface area contributed by atoms with Crippen molar-refractivity contribution in [3.05, 3.63) is 60.7 Å². The van der Waals surface area contributed by atoms with Crippen molar-refractivity contribution in [2.75, 3.05) is 36.0 Å². The van der Waals surface area contributed by atoms with Crippen molar-refractivity contribution in [2.45, 2.75) is 0 Å². The molecule has 0 bridgehead atoms. The number of nitrogens with zero attached hydrogens (tertiary/aromatic N) is 4. The summed E-state index contributed by atoms with van der Waals surface area (Å²) in [5.41, 5.74) is 2.38. The maximum Gasteiger partial charge on any atom is 0.205 e. The van der Waals surface area contributed by atoms with Gasteiger partial charge in [-0.05, 0) is 12.1 Å². The van der Waals surface area contributed by atoms with E-state index in [1.165, 1.54) is 17.2 Å². The van der Waals surface area contributed by atoms with Crippen molar-refractivity contribution in [3.63, 3.8) is 0 Å². The molecule has 1 aromatic heterocycles. The quantitative estimate of drug-likeness (QED) is 0.738. The van der Waals surface area contributed by atoms with E-state index in [1.807, 2.05) is 18.2 Å². The Bertz CT molecular complexity index is 749. The van der Waals surface area contributed by atoms with Gasteiger partial charge in [-0.15, -0.1) is 0 Å². The Labute approximate surface area is 140 Å². The van der Waals surface area contributed by atoms with Crippen LogP contribution in [0.15, 0.2) is 60.7 Å². The number of benzene rings is 2. The van der Waals surface area contributed by atoms with Gasteiger partial charge in [0.25, 0.3) is 0 Å². The lowest BCUT2D eigenvalue weighted by atomic mass is 10.2. The minimum Gasteiger partial charge on any atom is -0.368 e. The molecule has 4 rings (SSSR count). The monoisotopic (exact) mass is 322 g/mol. The van der Waals surface area contributed by atoms with E-state index in [4.69, 9.17) is 4.98 Å². The van der Waals surface area contributed by atoms with Crippen LogP contribution in [0, 0.1) is 0 Å². The largest absolute Gasteiger partial charge is 0.368 e. The third-order valence-corrected chi connectivity index (χ3v) is 4.90. The second-order valence-corrected chi connectivity index (χ2v) is 6.31. The fourth-order valence-corrected chi connectivity index (χ4v) is 3.58. The average Bonchev–Trinajstić information content (AvgIpc) is 3.14. The van der Waals surface area contributed by atoms with Gasteiger partial charge in [-0.1, -0.05) is 48.5 Å². The summed E-state index contributed by atoms with van der Waals surface area (Å²) in [7, 11) is 0. The molecule has 0 spiro atoms. The number of piperazine rings is 1. The SMILES string of the molecule is c1ccc(-c2nsc(N3CCN(c4ccccc4)CC3)n2)cc1. The number of anilines is 2. The second kappa shape index (κ2) is 6.38. The molecule has 2 heterocycles. The molecule has 1 saturated heterocycles. The lowest BCUT2D eigenvalue weighted by Gasteiger charge is -2.35. The standard InChI is InChI=1S/C18H18N4S/c1-3-7-15(8-4-1)17-19-18(23-20-17)22-13-11-21(12-14-22)16-9-5-2-6-10-16/h1-10H,11-14H2.